The van der Waals surface area contributed by atoms with Gasteiger partial charge in [0.05, 0.1) is 18.6 Å². The fourth-order valence-corrected chi connectivity index (χ4v) is 2.80. The van der Waals surface area contributed by atoms with Gasteiger partial charge in [0.25, 0.3) is 5.91 Å². The molecule has 2 N–H and O–H groups in total. The van der Waals surface area contributed by atoms with Gasteiger partial charge in [0, 0.05) is 5.56 Å². The number of carboxylic acids is 1. The number of ether oxygens (including phenoxy) is 1. The van der Waals surface area contributed by atoms with Crippen LogP contribution >= 0.6 is 0 Å². The van der Waals surface area contributed by atoms with Gasteiger partial charge in [-0.2, -0.15) is 0 Å². The summed E-state index contributed by atoms with van der Waals surface area (Å²) in [6, 6.07) is 7.01. The second kappa shape index (κ2) is 7.99. The topological polar surface area (TPSA) is 75.6 Å². The number of carbonyl (C=O) groups is 2. The van der Waals surface area contributed by atoms with E-state index in [1.807, 2.05) is 0 Å². The van der Waals surface area contributed by atoms with Gasteiger partial charge < -0.3 is 15.2 Å². The van der Waals surface area contributed by atoms with Crippen LogP contribution in [0.2, 0.25) is 0 Å². The van der Waals surface area contributed by atoms with E-state index in [-0.39, 0.29) is 12.3 Å². The van der Waals surface area contributed by atoms with Crippen LogP contribution in [0.5, 0.6) is 5.75 Å². The van der Waals surface area contributed by atoms with E-state index >= 15 is 0 Å². The van der Waals surface area contributed by atoms with Gasteiger partial charge in [0.15, 0.2) is 0 Å². The monoisotopic (exact) mass is 319 g/mol. The Morgan fingerprint density at radius 3 is 2.43 bits per heavy atom. The Labute approximate surface area is 137 Å². The molecule has 0 unspecified atom stereocenters. The quantitative estimate of drug-likeness (QED) is 0.684. The van der Waals surface area contributed by atoms with E-state index in [1.54, 1.807) is 24.3 Å². The van der Waals surface area contributed by atoms with Gasteiger partial charge in [-0.3, -0.25) is 9.59 Å². The average molecular weight is 319 g/mol. The third-order valence-corrected chi connectivity index (χ3v) is 4.31. The minimum Gasteiger partial charge on any atom is -0.494 e. The fourth-order valence-electron chi connectivity index (χ4n) is 2.80. The van der Waals surface area contributed by atoms with Crippen LogP contribution < -0.4 is 10.1 Å². The van der Waals surface area contributed by atoms with Crippen molar-refractivity contribution >= 4 is 11.9 Å². The zero-order valence-corrected chi connectivity index (χ0v) is 13.6. The molecule has 0 spiro atoms. The average Bonchev–Trinajstić information content (AvgIpc) is 2.49. The van der Waals surface area contributed by atoms with Gasteiger partial charge in [0.2, 0.25) is 0 Å². The number of carbonyl (C=O) groups excluding carboxylic acids is 1. The van der Waals surface area contributed by atoms with E-state index < -0.39 is 11.5 Å². The van der Waals surface area contributed by atoms with E-state index in [0.717, 1.165) is 44.3 Å². The molecule has 5 heteroatoms. The summed E-state index contributed by atoms with van der Waals surface area (Å²) in [4.78, 5) is 23.2. The minimum absolute atomic E-state index is 0.0165. The van der Waals surface area contributed by atoms with Gasteiger partial charge in [-0.1, -0.05) is 19.8 Å². The summed E-state index contributed by atoms with van der Waals surface area (Å²) in [6.07, 6.45) is 5.71. The van der Waals surface area contributed by atoms with E-state index in [4.69, 9.17) is 9.84 Å². The Morgan fingerprint density at radius 2 is 1.91 bits per heavy atom. The van der Waals surface area contributed by atoms with Crippen molar-refractivity contribution in [3.05, 3.63) is 29.8 Å². The molecule has 1 saturated carbocycles. The molecule has 1 aromatic carbocycles. The molecule has 0 atom stereocenters. The molecule has 5 nitrogen and oxygen atoms in total. The van der Waals surface area contributed by atoms with Crippen molar-refractivity contribution in [1.82, 2.24) is 5.32 Å². The standard InChI is InChI=1S/C18H25NO4/c1-2-3-4-12-23-15-8-6-14(7-9-15)17(22)19-18(10-5-11-18)13-16(20)21/h6-9H,2-5,10-13H2,1H3,(H,19,22)(H,20,21). The van der Waals surface area contributed by atoms with Gasteiger partial charge in [-0.15, -0.1) is 0 Å². The van der Waals surface area contributed by atoms with E-state index in [9.17, 15) is 9.59 Å². The maximum Gasteiger partial charge on any atom is 0.305 e. The highest BCUT2D eigenvalue weighted by molar-refractivity contribution is 5.95. The number of amides is 1. The van der Waals surface area contributed by atoms with Crippen LogP contribution in [0.1, 0.15) is 62.2 Å². The first-order valence-corrected chi connectivity index (χ1v) is 8.32. The first-order valence-electron chi connectivity index (χ1n) is 8.32. The summed E-state index contributed by atoms with van der Waals surface area (Å²) in [6.45, 7) is 2.83. The van der Waals surface area contributed by atoms with Crippen molar-refractivity contribution in [3.8, 4) is 5.75 Å². The van der Waals surface area contributed by atoms with Crippen LogP contribution in [0, 0.1) is 0 Å². The molecule has 0 radical (unpaired) electrons. The zero-order valence-electron chi connectivity index (χ0n) is 13.6. The molecule has 0 aromatic heterocycles. The van der Waals surface area contributed by atoms with Crippen molar-refractivity contribution in [2.24, 2.45) is 0 Å². The van der Waals surface area contributed by atoms with Gasteiger partial charge in [-0.05, 0) is 49.9 Å². The van der Waals surface area contributed by atoms with E-state index in [1.165, 1.54) is 0 Å². The minimum atomic E-state index is -0.874. The SMILES string of the molecule is CCCCCOc1ccc(C(=O)NC2(CC(=O)O)CCC2)cc1. The van der Waals surface area contributed by atoms with E-state index in [0.29, 0.717) is 12.2 Å². The van der Waals surface area contributed by atoms with Crippen molar-refractivity contribution in [3.63, 3.8) is 0 Å². The lowest BCUT2D eigenvalue weighted by Gasteiger charge is -2.41. The summed E-state index contributed by atoms with van der Waals surface area (Å²) in [5, 5.41) is 11.9. The fraction of sp³-hybridized carbons (Fsp3) is 0.556. The summed E-state index contributed by atoms with van der Waals surface area (Å²) < 4.78 is 5.62. The molecule has 0 saturated heterocycles. The van der Waals surface area contributed by atoms with Crippen LogP contribution in [0.25, 0.3) is 0 Å². The van der Waals surface area contributed by atoms with E-state index in [2.05, 4.69) is 12.2 Å². The van der Waals surface area contributed by atoms with Crippen molar-refractivity contribution in [2.75, 3.05) is 6.61 Å². The predicted octanol–water partition coefficient (Wildman–Crippen LogP) is 3.38. The molecule has 23 heavy (non-hydrogen) atoms. The molecular weight excluding hydrogens is 294 g/mol. The van der Waals surface area contributed by atoms with Crippen LogP contribution in [-0.4, -0.2) is 29.1 Å². The number of hydrogen-bond donors (Lipinski definition) is 2. The van der Waals surface area contributed by atoms with Crippen LogP contribution in [0.3, 0.4) is 0 Å². The second-order valence-electron chi connectivity index (χ2n) is 6.24. The number of aliphatic carboxylic acids is 1. The lowest BCUT2D eigenvalue weighted by molar-refractivity contribution is -0.139. The van der Waals surface area contributed by atoms with Crippen molar-refractivity contribution in [2.45, 2.75) is 57.4 Å². The zero-order chi connectivity index (χ0) is 16.7. The van der Waals surface area contributed by atoms with Crippen LogP contribution in [-0.2, 0) is 4.79 Å². The van der Waals surface area contributed by atoms with Crippen molar-refractivity contribution in [1.29, 1.82) is 0 Å². The number of nitrogens with one attached hydrogen (secondary N) is 1. The van der Waals surface area contributed by atoms with Gasteiger partial charge >= 0.3 is 5.97 Å². The smallest absolute Gasteiger partial charge is 0.305 e. The number of benzene rings is 1. The summed E-state index contributed by atoms with van der Waals surface area (Å²) in [5.74, 6) is -0.342. The normalized spacial score (nSPS) is 15.5. The third kappa shape index (κ3) is 4.98. The molecular formula is C18H25NO4. The first-order chi connectivity index (χ1) is 11.0. The van der Waals surface area contributed by atoms with Crippen LogP contribution in [0.4, 0.5) is 0 Å². The Morgan fingerprint density at radius 1 is 1.22 bits per heavy atom. The molecule has 0 bridgehead atoms. The number of hydrogen-bond acceptors (Lipinski definition) is 3. The Kier molecular flexibility index (Phi) is 6.02. The highest BCUT2D eigenvalue weighted by Gasteiger charge is 2.40. The maximum absolute atomic E-state index is 12.3. The van der Waals surface area contributed by atoms with Crippen LogP contribution in [0.15, 0.2) is 24.3 Å². The molecule has 0 heterocycles. The predicted molar refractivity (Wildman–Crippen MR) is 87.8 cm³/mol. The molecule has 1 aliphatic carbocycles. The summed E-state index contributed by atoms with van der Waals surface area (Å²) in [7, 11) is 0. The first kappa shape index (κ1) is 17.3. The molecule has 1 aromatic rings. The Bertz CT molecular complexity index is 534. The highest BCUT2D eigenvalue weighted by Crippen LogP contribution is 2.35. The molecule has 0 aliphatic heterocycles. The molecule has 2 rings (SSSR count). The largest absolute Gasteiger partial charge is 0.494 e. The molecule has 1 aliphatic rings. The van der Waals surface area contributed by atoms with Gasteiger partial charge in [-0.25, -0.2) is 0 Å². The number of rotatable bonds is 9. The lowest BCUT2D eigenvalue weighted by Crippen LogP contribution is -2.54. The number of unbranched alkanes of at least 4 members (excludes halogenated alkanes) is 2. The Balaban J connectivity index is 1.88. The maximum atomic E-state index is 12.3. The summed E-state index contributed by atoms with van der Waals surface area (Å²) >= 11 is 0. The lowest BCUT2D eigenvalue weighted by atomic mass is 9.74. The third-order valence-electron chi connectivity index (χ3n) is 4.31. The summed E-state index contributed by atoms with van der Waals surface area (Å²) in [5.41, 5.74) is -0.0410. The highest BCUT2D eigenvalue weighted by atomic mass is 16.5. The molecule has 1 amide bonds. The molecule has 126 valence electrons. The van der Waals surface area contributed by atoms with Gasteiger partial charge in [0.1, 0.15) is 5.75 Å². The number of carboxylic acid groups (broad SMARTS) is 1. The molecule has 1 fully saturated rings. The van der Waals surface area contributed by atoms with Crippen molar-refractivity contribution < 1.29 is 19.4 Å². The second-order valence-corrected chi connectivity index (χ2v) is 6.24. The Hall–Kier alpha value is -2.04.